The van der Waals surface area contributed by atoms with Crippen LogP contribution in [0.25, 0.3) is 0 Å². The summed E-state index contributed by atoms with van der Waals surface area (Å²) >= 11 is 1.95. The number of ether oxygens (including phenoxy) is 1. The molecule has 1 aliphatic heterocycles. The van der Waals surface area contributed by atoms with Gasteiger partial charge in [-0.1, -0.05) is 6.92 Å². The Hall–Kier alpha value is -0.380. The van der Waals surface area contributed by atoms with E-state index in [1.807, 2.05) is 11.3 Å². The highest BCUT2D eigenvalue weighted by atomic mass is 32.1. The van der Waals surface area contributed by atoms with Crippen molar-refractivity contribution in [1.29, 1.82) is 0 Å². The standard InChI is InChI=1S/C16H27NOS/c1-4-9-17-15(8-7-14-6-5-10-18-14)16-11-12(2)13(3)19-16/h11,14-15,17H,4-10H2,1-3H3. The molecular weight excluding hydrogens is 254 g/mol. The Morgan fingerprint density at radius 2 is 2.32 bits per heavy atom. The minimum Gasteiger partial charge on any atom is -0.378 e. The summed E-state index contributed by atoms with van der Waals surface area (Å²) in [6, 6.07) is 2.88. The second-order valence-electron chi connectivity index (χ2n) is 5.61. The SMILES string of the molecule is CCCNC(CCC1CCCO1)c1cc(C)c(C)s1. The summed E-state index contributed by atoms with van der Waals surface area (Å²) < 4.78 is 5.75. The lowest BCUT2D eigenvalue weighted by Gasteiger charge is -2.19. The summed E-state index contributed by atoms with van der Waals surface area (Å²) in [5, 5.41) is 3.71. The first-order valence-electron chi connectivity index (χ1n) is 7.62. The van der Waals surface area contributed by atoms with Crippen molar-refractivity contribution in [1.82, 2.24) is 5.32 Å². The van der Waals surface area contributed by atoms with Gasteiger partial charge in [-0.15, -0.1) is 11.3 Å². The molecule has 1 saturated heterocycles. The molecule has 1 aromatic rings. The van der Waals surface area contributed by atoms with E-state index < -0.39 is 0 Å². The number of rotatable bonds is 7. The summed E-state index contributed by atoms with van der Waals surface area (Å²) in [4.78, 5) is 2.96. The molecular formula is C16H27NOS. The molecule has 2 atom stereocenters. The van der Waals surface area contributed by atoms with Crippen LogP contribution in [0.4, 0.5) is 0 Å². The third-order valence-electron chi connectivity index (χ3n) is 3.97. The summed E-state index contributed by atoms with van der Waals surface area (Å²) in [6.45, 7) is 8.74. The van der Waals surface area contributed by atoms with Crippen LogP contribution in [0.2, 0.25) is 0 Å². The van der Waals surface area contributed by atoms with E-state index in [0.29, 0.717) is 12.1 Å². The molecule has 1 aromatic heterocycles. The molecule has 2 heterocycles. The molecule has 0 bridgehead atoms. The van der Waals surface area contributed by atoms with E-state index in [1.54, 1.807) is 0 Å². The van der Waals surface area contributed by atoms with Crippen LogP contribution in [0.3, 0.4) is 0 Å². The maximum atomic E-state index is 5.75. The highest BCUT2D eigenvalue weighted by Gasteiger charge is 2.19. The molecule has 1 fully saturated rings. The van der Waals surface area contributed by atoms with Gasteiger partial charge >= 0.3 is 0 Å². The van der Waals surface area contributed by atoms with Gasteiger partial charge in [-0.25, -0.2) is 0 Å². The zero-order valence-corrected chi connectivity index (χ0v) is 13.3. The molecule has 2 unspecified atom stereocenters. The van der Waals surface area contributed by atoms with Crippen molar-refractivity contribution in [2.24, 2.45) is 0 Å². The van der Waals surface area contributed by atoms with E-state index in [2.05, 4.69) is 32.2 Å². The molecule has 108 valence electrons. The first kappa shape index (κ1) is 15.0. The van der Waals surface area contributed by atoms with Crippen LogP contribution >= 0.6 is 11.3 Å². The van der Waals surface area contributed by atoms with Crippen LogP contribution in [0.5, 0.6) is 0 Å². The highest BCUT2D eigenvalue weighted by molar-refractivity contribution is 7.12. The van der Waals surface area contributed by atoms with Crippen molar-refractivity contribution in [3.63, 3.8) is 0 Å². The average Bonchev–Trinajstić information content (AvgIpc) is 3.01. The Labute approximate surface area is 121 Å². The fraction of sp³-hybridized carbons (Fsp3) is 0.750. The molecule has 3 heteroatoms. The summed E-state index contributed by atoms with van der Waals surface area (Å²) in [6.07, 6.45) is 6.59. The van der Waals surface area contributed by atoms with Gasteiger partial charge in [-0.05, 0) is 64.1 Å². The monoisotopic (exact) mass is 281 g/mol. The normalized spacial score (nSPS) is 20.9. The van der Waals surface area contributed by atoms with E-state index in [0.717, 1.165) is 13.2 Å². The molecule has 0 saturated carbocycles. The Morgan fingerprint density at radius 1 is 1.47 bits per heavy atom. The molecule has 0 spiro atoms. The zero-order valence-electron chi connectivity index (χ0n) is 12.5. The van der Waals surface area contributed by atoms with Gasteiger partial charge in [0, 0.05) is 22.4 Å². The van der Waals surface area contributed by atoms with Crippen LogP contribution < -0.4 is 5.32 Å². The van der Waals surface area contributed by atoms with Crippen molar-refractivity contribution in [2.45, 2.75) is 65.0 Å². The summed E-state index contributed by atoms with van der Waals surface area (Å²) in [5.41, 5.74) is 1.43. The molecule has 0 aromatic carbocycles. The highest BCUT2D eigenvalue weighted by Crippen LogP contribution is 2.30. The molecule has 1 aliphatic rings. The third kappa shape index (κ3) is 4.30. The largest absolute Gasteiger partial charge is 0.378 e. The number of aryl methyl sites for hydroxylation is 2. The fourth-order valence-corrected chi connectivity index (χ4v) is 3.81. The molecule has 19 heavy (non-hydrogen) atoms. The Kier molecular flexibility index (Phi) is 5.86. The fourth-order valence-electron chi connectivity index (χ4n) is 2.66. The van der Waals surface area contributed by atoms with Crippen LogP contribution in [-0.4, -0.2) is 19.3 Å². The predicted octanol–water partition coefficient (Wildman–Crippen LogP) is 4.36. The van der Waals surface area contributed by atoms with E-state index in [1.165, 1.54) is 47.4 Å². The Bertz CT molecular complexity index is 363. The van der Waals surface area contributed by atoms with Crippen LogP contribution in [0, 0.1) is 13.8 Å². The summed E-state index contributed by atoms with van der Waals surface area (Å²) in [7, 11) is 0. The minimum atomic E-state index is 0.507. The molecule has 0 radical (unpaired) electrons. The molecule has 2 nitrogen and oxygen atoms in total. The third-order valence-corrected chi connectivity index (χ3v) is 5.24. The van der Waals surface area contributed by atoms with Gasteiger partial charge in [0.25, 0.3) is 0 Å². The van der Waals surface area contributed by atoms with Gasteiger partial charge in [0.1, 0.15) is 0 Å². The molecule has 1 N–H and O–H groups in total. The second kappa shape index (κ2) is 7.41. The average molecular weight is 281 g/mol. The van der Waals surface area contributed by atoms with Crippen molar-refractivity contribution in [2.75, 3.05) is 13.2 Å². The van der Waals surface area contributed by atoms with Gasteiger partial charge in [-0.3, -0.25) is 0 Å². The van der Waals surface area contributed by atoms with E-state index in [-0.39, 0.29) is 0 Å². The maximum Gasteiger partial charge on any atom is 0.0576 e. The Balaban J connectivity index is 1.93. The predicted molar refractivity (Wildman–Crippen MR) is 83.0 cm³/mol. The van der Waals surface area contributed by atoms with E-state index in [4.69, 9.17) is 4.74 Å². The molecule has 2 rings (SSSR count). The van der Waals surface area contributed by atoms with Crippen molar-refractivity contribution < 1.29 is 4.74 Å². The van der Waals surface area contributed by atoms with Gasteiger partial charge in [0.05, 0.1) is 6.10 Å². The smallest absolute Gasteiger partial charge is 0.0576 e. The van der Waals surface area contributed by atoms with E-state index >= 15 is 0 Å². The van der Waals surface area contributed by atoms with Crippen molar-refractivity contribution in [3.8, 4) is 0 Å². The lowest BCUT2D eigenvalue weighted by molar-refractivity contribution is 0.0997. The lowest BCUT2D eigenvalue weighted by atomic mass is 10.0. The van der Waals surface area contributed by atoms with Crippen LogP contribution in [0.15, 0.2) is 6.07 Å². The molecule has 0 aliphatic carbocycles. The minimum absolute atomic E-state index is 0.507. The van der Waals surface area contributed by atoms with Crippen molar-refractivity contribution in [3.05, 3.63) is 21.4 Å². The van der Waals surface area contributed by atoms with Gasteiger partial charge < -0.3 is 10.1 Å². The number of thiophene rings is 1. The first-order valence-corrected chi connectivity index (χ1v) is 8.44. The quantitative estimate of drug-likeness (QED) is 0.801. The second-order valence-corrected chi connectivity index (χ2v) is 6.89. The Morgan fingerprint density at radius 3 is 2.89 bits per heavy atom. The van der Waals surface area contributed by atoms with Crippen LogP contribution in [0.1, 0.15) is 60.4 Å². The van der Waals surface area contributed by atoms with E-state index in [9.17, 15) is 0 Å². The van der Waals surface area contributed by atoms with Gasteiger partial charge in [0.15, 0.2) is 0 Å². The van der Waals surface area contributed by atoms with Crippen LogP contribution in [-0.2, 0) is 4.74 Å². The maximum absolute atomic E-state index is 5.75. The lowest BCUT2D eigenvalue weighted by Crippen LogP contribution is -2.22. The molecule has 0 amide bonds. The van der Waals surface area contributed by atoms with Gasteiger partial charge in [-0.2, -0.15) is 0 Å². The summed E-state index contributed by atoms with van der Waals surface area (Å²) in [5.74, 6) is 0. The van der Waals surface area contributed by atoms with Gasteiger partial charge in [0.2, 0.25) is 0 Å². The van der Waals surface area contributed by atoms with Crippen molar-refractivity contribution >= 4 is 11.3 Å². The number of nitrogens with one attached hydrogen (secondary N) is 1. The number of hydrogen-bond acceptors (Lipinski definition) is 3. The first-order chi connectivity index (χ1) is 9.20. The zero-order chi connectivity index (χ0) is 13.7. The topological polar surface area (TPSA) is 21.3 Å². The number of hydrogen-bond donors (Lipinski definition) is 1.